The van der Waals surface area contributed by atoms with Gasteiger partial charge in [-0.25, -0.2) is 0 Å². The smallest absolute Gasteiger partial charge is 0.0182 e. The van der Waals surface area contributed by atoms with Crippen molar-refractivity contribution in [3.63, 3.8) is 0 Å². The van der Waals surface area contributed by atoms with Crippen molar-refractivity contribution in [2.75, 3.05) is 0 Å². The minimum absolute atomic E-state index is 0. The molecule has 0 aromatic rings. The third kappa shape index (κ3) is 10.7. The van der Waals surface area contributed by atoms with Crippen LogP contribution >= 0.6 is 17.0 Å². The SMILES string of the molecule is Br.CCCCCC(CC)C(N)(CCCCC)CCCCC. The highest BCUT2D eigenvalue weighted by Crippen LogP contribution is 2.33. The van der Waals surface area contributed by atoms with E-state index in [1.807, 2.05) is 0 Å². The average molecular weight is 364 g/mol. The van der Waals surface area contributed by atoms with Crippen LogP contribution in [0.2, 0.25) is 0 Å². The van der Waals surface area contributed by atoms with Crippen LogP contribution in [0.4, 0.5) is 0 Å². The van der Waals surface area contributed by atoms with Crippen LogP contribution in [0, 0.1) is 5.92 Å². The molecule has 0 aliphatic heterocycles. The molecular formula is C19H42BrN. The van der Waals surface area contributed by atoms with Gasteiger partial charge in [0.25, 0.3) is 0 Å². The summed E-state index contributed by atoms with van der Waals surface area (Å²) in [5.74, 6) is 0.739. The molecular weight excluding hydrogens is 322 g/mol. The molecule has 0 saturated carbocycles. The zero-order valence-corrected chi connectivity index (χ0v) is 17.0. The fourth-order valence-corrected chi connectivity index (χ4v) is 3.48. The van der Waals surface area contributed by atoms with Gasteiger partial charge in [0.2, 0.25) is 0 Å². The van der Waals surface area contributed by atoms with Crippen LogP contribution in [-0.2, 0) is 0 Å². The summed E-state index contributed by atoms with van der Waals surface area (Å²) in [6.07, 6.45) is 17.1. The summed E-state index contributed by atoms with van der Waals surface area (Å²) in [5.41, 5.74) is 7.03. The lowest BCUT2D eigenvalue weighted by atomic mass is 9.73. The second kappa shape index (κ2) is 15.3. The molecule has 21 heavy (non-hydrogen) atoms. The molecule has 0 aromatic carbocycles. The van der Waals surface area contributed by atoms with E-state index in [-0.39, 0.29) is 22.5 Å². The first-order valence-corrected chi connectivity index (χ1v) is 9.43. The van der Waals surface area contributed by atoms with Gasteiger partial charge in [-0.3, -0.25) is 0 Å². The van der Waals surface area contributed by atoms with E-state index in [9.17, 15) is 0 Å². The second-order valence-electron chi connectivity index (χ2n) is 6.75. The molecule has 1 unspecified atom stereocenters. The molecule has 130 valence electrons. The van der Waals surface area contributed by atoms with E-state index in [1.165, 1.54) is 83.5 Å². The van der Waals surface area contributed by atoms with E-state index in [1.54, 1.807) is 0 Å². The summed E-state index contributed by atoms with van der Waals surface area (Å²) < 4.78 is 0. The van der Waals surface area contributed by atoms with Crippen molar-refractivity contribution >= 4 is 17.0 Å². The Morgan fingerprint density at radius 2 is 1.14 bits per heavy atom. The molecule has 0 amide bonds. The molecule has 2 heteroatoms. The summed E-state index contributed by atoms with van der Waals surface area (Å²) in [4.78, 5) is 0. The minimum atomic E-state index is 0. The zero-order chi connectivity index (χ0) is 15.3. The Hall–Kier alpha value is 0.440. The first kappa shape index (κ1) is 23.7. The Labute approximate surface area is 145 Å². The molecule has 0 radical (unpaired) electrons. The van der Waals surface area contributed by atoms with Gasteiger partial charge in [0, 0.05) is 5.54 Å². The lowest BCUT2D eigenvalue weighted by molar-refractivity contribution is 0.200. The molecule has 0 aromatic heterocycles. The maximum atomic E-state index is 6.92. The van der Waals surface area contributed by atoms with Crippen molar-refractivity contribution in [3.05, 3.63) is 0 Å². The van der Waals surface area contributed by atoms with Gasteiger partial charge in [0.15, 0.2) is 0 Å². The minimum Gasteiger partial charge on any atom is -0.325 e. The molecule has 1 nitrogen and oxygen atoms in total. The number of unbranched alkanes of at least 4 members (excludes halogenated alkanes) is 6. The van der Waals surface area contributed by atoms with Gasteiger partial charge in [-0.15, -0.1) is 17.0 Å². The van der Waals surface area contributed by atoms with Crippen molar-refractivity contribution in [1.82, 2.24) is 0 Å². The monoisotopic (exact) mass is 363 g/mol. The second-order valence-corrected chi connectivity index (χ2v) is 6.75. The Bertz CT molecular complexity index is 196. The van der Waals surface area contributed by atoms with Crippen molar-refractivity contribution in [1.29, 1.82) is 0 Å². The maximum absolute atomic E-state index is 6.92. The van der Waals surface area contributed by atoms with Crippen LogP contribution in [0.25, 0.3) is 0 Å². The lowest BCUT2D eigenvalue weighted by Crippen LogP contribution is -2.47. The molecule has 0 heterocycles. The van der Waals surface area contributed by atoms with Crippen LogP contribution in [0.1, 0.15) is 111 Å². The standard InChI is InChI=1S/C19H41N.BrH/c1-5-9-12-15-18(8-4)19(20,16-13-10-6-2)17-14-11-7-3;/h18H,5-17,20H2,1-4H3;1H. The van der Waals surface area contributed by atoms with E-state index >= 15 is 0 Å². The summed E-state index contributed by atoms with van der Waals surface area (Å²) in [6, 6.07) is 0. The van der Waals surface area contributed by atoms with E-state index in [4.69, 9.17) is 5.73 Å². The Morgan fingerprint density at radius 1 is 0.714 bits per heavy atom. The number of nitrogens with two attached hydrogens (primary N) is 1. The first-order chi connectivity index (χ1) is 9.64. The van der Waals surface area contributed by atoms with Crippen LogP contribution in [0.3, 0.4) is 0 Å². The number of rotatable bonds is 14. The third-order valence-corrected chi connectivity index (χ3v) is 4.95. The van der Waals surface area contributed by atoms with Gasteiger partial charge >= 0.3 is 0 Å². The van der Waals surface area contributed by atoms with Crippen LogP contribution in [0.15, 0.2) is 0 Å². The van der Waals surface area contributed by atoms with Crippen molar-refractivity contribution in [3.8, 4) is 0 Å². The number of hydrogen-bond acceptors (Lipinski definition) is 1. The Kier molecular flexibility index (Phi) is 17.3. The van der Waals surface area contributed by atoms with E-state index < -0.39 is 0 Å². The average Bonchev–Trinajstić information content (AvgIpc) is 2.44. The largest absolute Gasteiger partial charge is 0.325 e. The molecule has 0 bridgehead atoms. The van der Waals surface area contributed by atoms with Gasteiger partial charge in [-0.1, -0.05) is 91.9 Å². The van der Waals surface area contributed by atoms with Crippen LogP contribution in [-0.4, -0.2) is 5.54 Å². The number of halogens is 1. The maximum Gasteiger partial charge on any atom is 0.0182 e. The molecule has 0 aliphatic rings. The molecule has 1 atom stereocenters. The fourth-order valence-electron chi connectivity index (χ4n) is 3.48. The molecule has 0 fully saturated rings. The van der Waals surface area contributed by atoms with Gasteiger partial charge < -0.3 is 5.73 Å². The predicted octanol–water partition coefficient (Wildman–Crippen LogP) is 7.03. The van der Waals surface area contributed by atoms with Crippen molar-refractivity contribution in [2.45, 2.75) is 117 Å². The fraction of sp³-hybridized carbons (Fsp3) is 1.00. The van der Waals surface area contributed by atoms with Gasteiger partial charge in [-0.2, -0.15) is 0 Å². The van der Waals surface area contributed by atoms with E-state index in [0.29, 0.717) is 0 Å². The highest BCUT2D eigenvalue weighted by atomic mass is 79.9. The first-order valence-electron chi connectivity index (χ1n) is 9.43. The van der Waals surface area contributed by atoms with Gasteiger partial charge in [-0.05, 0) is 25.2 Å². The zero-order valence-electron chi connectivity index (χ0n) is 15.3. The lowest BCUT2D eigenvalue weighted by Gasteiger charge is -2.38. The van der Waals surface area contributed by atoms with Crippen LogP contribution in [0.5, 0.6) is 0 Å². The quantitative estimate of drug-likeness (QED) is 0.329. The molecule has 0 saturated heterocycles. The molecule has 2 N–H and O–H groups in total. The Balaban J connectivity index is 0. The highest BCUT2D eigenvalue weighted by molar-refractivity contribution is 8.93. The summed E-state index contributed by atoms with van der Waals surface area (Å²) in [5, 5.41) is 0. The molecule has 0 rings (SSSR count). The van der Waals surface area contributed by atoms with E-state index in [0.717, 1.165) is 5.92 Å². The number of hydrogen-bond donors (Lipinski definition) is 1. The molecule has 0 spiro atoms. The van der Waals surface area contributed by atoms with Crippen molar-refractivity contribution < 1.29 is 0 Å². The van der Waals surface area contributed by atoms with E-state index in [2.05, 4.69) is 27.7 Å². The summed E-state index contributed by atoms with van der Waals surface area (Å²) in [6.45, 7) is 9.21. The predicted molar refractivity (Wildman–Crippen MR) is 103 cm³/mol. The Morgan fingerprint density at radius 3 is 1.52 bits per heavy atom. The molecule has 0 aliphatic carbocycles. The van der Waals surface area contributed by atoms with Crippen LogP contribution < -0.4 is 5.73 Å². The highest BCUT2D eigenvalue weighted by Gasteiger charge is 2.32. The van der Waals surface area contributed by atoms with Gasteiger partial charge in [0.1, 0.15) is 0 Å². The third-order valence-electron chi connectivity index (χ3n) is 4.95. The topological polar surface area (TPSA) is 26.0 Å². The summed E-state index contributed by atoms with van der Waals surface area (Å²) in [7, 11) is 0. The van der Waals surface area contributed by atoms with Crippen molar-refractivity contribution in [2.24, 2.45) is 11.7 Å². The normalized spacial score (nSPS) is 13.0. The van der Waals surface area contributed by atoms with Gasteiger partial charge in [0.05, 0.1) is 0 Å². The summed E-state index contributed by atoms with van der Waals surface area (Å²) >= 11 is 0.